The Labute approximate surface area is 102 Å². The summed E-state index contributed by atoms with van der Waals surface area (Å²) in [5, 5.41) is 2.56. The van der Waals surface area contributed by atoms with Crippen molar-refractivity contribution in [2.75, 3.05) is 0 Å². The zero-order valence-electron chi connectivity index (χ0n) is 9.64. The number of benzene rings is 1. The number of rotatable bonds is 3. The van der Waals surface area contributed by atoms with Gasteiger partial charge >= 0.3 is 0 Å². The Kier molecular flexibility index (Phi) is 2.85. The topological polar surface area (TPSA) is 97.9 Å². The summed E-state index contributed by atoms with van der Waals surface area (Å²) in [5.41, 5.74) is 4.70. The van der Waals surface area contributed by atoms with Crippen LogP contribution in [0.1, 0.15) is 27.8 Å². The molecule has 1 heterocycles. The van der Waals surface area contributed by atoms with Gasteiger partial charge in [-0.25, -0.2) is 4.68 Å². The quantitative estimate of drug-likeness (QED) is 0.769. The van der Waals surface area contributed by atoms with Crippen LogP contribution in [-0.2, 0) is 0 Å². The van der Waals surface area contributed by atoms with E-state index in [4.69, 9.17) is 5.73 Å². The van der Waals surface area contributed by atoms with Crippen molar-refractivity contribution in [1.29, 1.82) is 0 Å². The van der Waals surface area contributed by atoms with Gasteiger partial charge in [0, 0.05) is 0 Å². The van der Waals surface area contributed by atoms with Crippen molar-refractivity contribution in [3.63, 3.8) is 0 Å². The molecule has 2 aromatic rings. The lowest BCUT2D eigenvalue weighted by Crippen LogP contribution is -2.20. The number of carbonyl (C=O) groups excluding carboxylic acids is 2. The van der Waals surface area contributed by atoms with Crippen molar-refractivity contribution in [3.8, 4) is 5.69 Å². The maximum Gasteiger partial charge on any atom is 0.282 e. The summed E-state index contributed by atoms with van der Waals surface area (Å²) in [6, 6.07) is 8.61. The van der Waals surface area contributed by atoms with Crippen LogP contribution in [0, 0.1) is 0 Å². The minimum absolute atomic E-state index is 0.170. The van der Waals surface area contributed by atoms with Crippen molar-refractivity contribution in [3.05, 3.63) is 51.9 Å². The van der Waals surface area contributed by atoms with Crippen LogP contribution in [0.4, 0.5) is 0 Å². The molecule has 1 amide bonds. The third-order valence-corrected chi connectivity index (χ3v) is 2.50. The van der Waals surface area contributed by atoms with Crippen LogP contribution in [-0.4, -0.2) is 21.5 Å². The minimum atomic E-state index is -0.841. The number of nitrogens with two attached hydrogens (primary N) is 1. The number of ketones is 1. The first-order valence-electron chi connectivity index (χ1n) is 5.23. The van der Waals surface area contributed by atoms with Crippen molar-refractivity contribution >= 4 is 11.7 Å². The van der Waals surface area contributed by atoms with Crippen LogP contribution in [0.5, 0.6) is 0 Å². The van der Waals surface area contributed by atoms with E-state index in [1.54, 1.807) is 30.3 Å². The van der Waals surface area contributed by atoms with Gasteiger partial charge < -0.3 is 5.73 Å². The largest absolute Gasteiger partial charge is 0.364 e. The van der Waals surface area contributed by atoms with E-state index in [0.29, 0.717) is 5.69 Å². The lowest BCUT2D eigenvalue weighted by atomic mass is 10.2. The zero-order valence-corrected chi connectivity index (χ0v) is 9.64. The first-order chi connectivity index (χ1) is 8.52. The van der Waals surface area contributed by atoms with Crippen molar-refractivity contribution in [2.45, 2.75) is 6.92 Å². The van der Waals surface area contributed by atoms with Crippen LogP contribution < -0.4 is 11.3 Å². The van der Waals surface area contributed by atoms with Crippen molar-refractivity contribution in [2.24, 2.45) is 5.73 Å². The van der Waals surface area contributed by atoms with Crippen molar-refractivity contribution in [1.82, 2.24) is 9.78 Å². The number of amides is 1. The van der Waals surface area contributed by atoms with E-state index in [2.05, 4.69) is 5.10 Å². The van der Waals surface area contributed by atoms with Crippen LogP contribution in [0.3, 0.4) is 0 Å². The number of carbonyl (C=O) groups is 2. The van der Waals surface area contributed by atoms with Crippen molar-refractivity contribution < 1.29 is 9.59 Å². The van der Waals surface area contributed by atoms with Gasteiger partial charge in [0.05, 0.1) is 5.69 Å². The Hall–Kier alpha value is -2.63. The van der Waals surface area contributed by atoms with E-state index >= 15 is 0 Å². The summed E-state index contributed by atoms with van der Waals surface area (Å²) in [4.78, 5) is 34.6. The van der Waals surface area contributed by atoms with Gasteiger partial charge in [0.15, 0.2) is 5.78 Å². The molecule has 6 nitrogen and oxygen atoms in total. The lowest BCUT2D eigenvalue weighted by molar-refractivity contribution is 0.0970. The van der Waals surface area contributed by atoms with Gasteiger partial charge in [-0.2, -0.15) is 0 Å². The Morgan fingerprint density at radius 2 is 1.83 bits per heavy atom. The standard InChI is InChI=1S/C12H11N3O3/c1-7(16)9-10(11(13)17)14-15(12(9)18)8-5-3-2-4-6-8/h2-6,14H,1H3,(H2,13,17). The number of nitrogens with zero attached hydrogens (tertiary/aromatic N) is 1. The smallest absolute Gasteiger partial charge is 0.282 e. The second kappa shape index (κ2) is 4.33. The highest BCUT2D eigenvalue weighted by Gasteiger charge is 2.21. The molecule has 6 heteroatoms. The van der Waals surface area contributed by atoms with E-state index in [0.717, 1.165) is 4.68 Å². The maximum absolute atomic E-state index is 12.0. The number of para-hydroxylation sites is 1. The summed E-state index contributed by atoms with van der Waals surface area (Å²) in [7, 11) is 0. The molecule has 2 rings (SSSR count). The first kappa shape index (κ1) is 11.8. The molecule has 0 saturated carbocycles. The molecule has 0 bridgehead atoms. The molecular weight excluding hydrogens is 234 g/mol. The fourth-order valence-corrected chi connectivity index (χ4v) is 1.70. The predicted octanol–water partition coefficient (Wildman–Crippen LogP) is 0.467. The molecule has 18 heavy (non-hydrogen) atoms. The second-order valence-electron chi connectivity index (χ2n) is 3.76. The van der Waals surface area contributed by atoms with E-state index in [-0.39, 0.29) is 11.3 Å². The Morgan fingerprint density at radius 1 is 1.22 bits per heavy atom. The second-order valence-corrected chi connectivity index (χ2v) is 3.76. The average molecular weight is 245 g/mol. The molecule has 0 aliphatic carbocycles. The predicted molar refractivity (Wildman–Crippen MR) is 64.9 cm³/mol. The molecule has 1 aromatic heterocycles. The molecule has 1 aromatic carbocycles. The summed E-state index contributed by atoms with van der Waals surface area (Å²) in [6.45, 7) is 1.21. The van der Waals surface area contributed by atoms with Crippen LogP contribution in [0.25, 0.3) is 5.69 Å². The van der Waals surface area contributed by atoms with Gasteiger partial charge in [-0.1, -0.05) is 18.2 Å². The van der Waals surface area contributed by atoms with E-state index < -0.39 is 17.2 Å². The zero-order chi connectivity index (χ0) is 13.3. The summed E-state index contributed by atoms with van der Waals surface area (Å²) < 4.78 is 1.12. The number of nitrogens with one attached hydrogen (secondary N) is 1. The van der Waals surface area contributed by atoms with E-state index in [1.807, 2.05) is 0 Å². The molecule has 0 radical (unpaired) electrons. The van der Waals surface area contributed by atoms with E-state index in [9.17, 15) is 14.4 Å². The molecule has 92 valence electrons. The number of aromatic amines is 1. The SMILES string of the molecule is CC(=O)c1c(C(N)=O)[nH]n(-c2ccccc2)c1=O. The maximum atomic E-state index is 12.0. The van der Waals surface area contributed by atoms with Gasteiger partial charge in [0.2, 0.25) is 0 Å². The van der Waals surface area contributed by atoms with Gasteiger partial charge in [-0.15, -0.1) is 0 Å². The third kappa shape index (κ3) is 1.84. The summed E-state index contributed by atoms with van der Waals surface area (Å²) in [6.07, 6.45) is 0. The van der Waals surface area contributed by atoms with Gasteiger partial charge in [0.1, 0.15) is 11.3 Å². The Morgan fingerprint density at radius 3 is 2.28 bits per heavy atom. The Balaban J connectivity index is 2.73. The molecule has 0 saturated heterocycles. The van der Waals surface area contributed by atoms with Crippen LogP contribution >= 0.6 is 0 Å². The average Bonchev–Trinajstić information content (AvgIpc) is 2.68. The monoisotopic (exact) mass is 245 g/mol. The van der Waals surface area contributed by atoms with Gasteiger partial charge in [-0.3, -0.25) is 19.5 Å². The molecule has 0 unspecified atom stereocenters. The van der Waals surface area contributed by atoms with Gasteiger partial charge in [0.25, 0.3) is 11.5 Å². The minimum Gasteiger partial charge on any atom is -0.364 e. The first-order valence-corrected chi connectivity index (χ1v) is 5.23. The highest BCUT2D eigenvalue weighted by molar-refractivity contribution is 6.05. The fraction of sp³-hybridized carbons (Fsp3) is 0.0833. The van der Waals surface area contributed by atoms with Crippen LogP contribution in [0.15, 0.2) is 35.1 Å². The number of hydrogen-bond donors (Lipinski definition) is 2. The third-order valence-electron chi connectivity index (χ3n) is 2.50. The Bertz CT molecular complexity index is 668. The number of aromatic nitrogens is 2. The number of primary amides is 1. The highest BCUT2D eigenvalue weighted by atomic mass is 16.2. The molecular formula is C12H11N3O3. The molecule has 0 atom stereocenters. The normalized spacial score (nSPS) is 10.3. The summed E-state index contributed by atoms with van der Waals surface area (Å²) in [5.74, 6) is -1.34. The number of hydrogen-bond acceptors (Lipinski definition) is 3. The van der Waals surface area contributed by atoms with Crippen LogP contribution in [0.2, 0.25) is 0 Å². The number of H-pyrrole nitrogens is 1. The molecule has 0 fully saturated rings. The van der Waals surface area contributed by atoms with Gasteiger partial charge in [-0.05, 0) is 19.1 Å². The molecule has 0 aliphatic rings. The molecule has 3 N–H and O–H groups in total. The molecule has 0 aliphatic heterocycles. The van der Waals surface area contributed by atoms with E-state index in [1.165, 1.54) is 6.92 Å². The number of Topliss-reactive ketones (excluding diaryl/α,β-unsaturated/α-hetero) is 1. The highest BCUT2D eigenvalue weighted by Crippen LogP contribution is 2.07. The summed E-state index contributed by atoms with van der Waals surface area (Å²) >= 11 is 0. The molecule has 0 spiro atoms. The lowest BCUT2D eigenvalue weighted by Gasteiger charge is -1.99. The fourth-order valence-electron chi connectivity index (χ4n) is 1.70.